The zero-order valence-corrected chi connectivity index (χ0v) is 11.3. The number of thioether (sulfide) groups is 1. The van der Waals surface area contributed by atoms with Gasteiger partial charge in [-0.15, -0.1) is 0 Å². The number of anilines is 1. The number of rotatable bonds is 4. The van der Waals surface area contributed by atoms with E-state index >= 15 is 0 Å². The molecule has 1 fully saturated rings. The van der Waals surface area contributed by atoms with E-state index in [1.807, 2.05) is 18.0 Å². The van der Waals surface area contributed by atoms with E-state index in [0.717, 1.165) is 25.5 Å². The minimum atomic E-state index is 0.486. The summed E-state index contributed by atoms with van der Waals surface area (Å²) in [6, 6.07) is 0.486. The van der Waals surface area contributed by atoms with Crippen molar-refractivity contribution in [1.82, 2.24) is 15.3 Å². The summed E-state index contributed by atoms with van der Waals surface area (Å²) in [5.41, 5.74) is 1.20. The molecular formula is C12H20N4S. The molecule has 5 heteroatoms. The zero-order valence-electron chi connectivity index (χ0n) is 10.5. The zero-order chi connectivity index (χ0) is 12.1. The summed E-state index contributed by atoms with van der Waals surface area (Å²) < 4.78 is 0. The summed E-state index contributed by atoms with van der Waals surface area (Å²) in [4.78, 5) is 11.0. The SMILES string of the molecule is CC(C)NCc1cncnc1N1CCSCC1. The predicted molar refractivity (Wildman–Crippen MR) is 73.5 cm³/mol. The van der Waals surface area contributed by atoms with Crippen molar-refractivity contribution in [2.75, 3.05) is 29.5 Å². The van der Waals surface area contributed by atoms with Crippen LogP contribution < -0.4 is 10.2 Å². The Balaban J connectivity index is 2.09. The molecule has 2 heterocycles. The van der Waals surface area contributed by atoms with Gasteiger partial charge in [0.05, 0.1) is 0 Å². The van der Waals surface area contributed by atoms with Crippen LogP contribution in [0.2, 0.25) is 0 Å². The van der Waals surface area contributed by atoms with Crippen molar-refractivity contribution in [3.8, 4) is 0 Å². The highest BCUT2D eigenvalue weighted by atomic mass is 32.2. The molecule has 0 bridgehead atoms. The van der Waals surface area contributed by atoms with Crippen LogP contribution in [0.15, 0.2) is 12.5 Å². The quantitative estimate of drug-likeness (QED) is 0.880. The fourth-order valence-corrected chi connectivity index (χ4v) is 2.75. The molecule has 94 valence electrons. The Hall–Kier alpha value is -0.810. The lowest BCUT2D eigenvalue weighted by Gasteiger charge is -2.29. The average molecular weight is 252 g/mol. The molecule has 2 rings (SSSR count). The number of hydrogen-bond donors (Lipinski definition) is 1. The van der Waals surface area contributed by atoms with Crippen molar-refractivity contribution in [1.29, 1.82) is 0 Å². The van der Waals surface area contributed by atoms with Gasteiger partial charge in [0.2, 0.25) is 0 Å². The number of nitrogens with one attached hydrogen (secondary N) is 1. The minimum absolute atomic E-state index is 0.486. The minimum Gasteiger partial charge on any atom is -0.355 e. The van der Waals surface area contributed by atoms with Gasteiger partial charge in [-0.05, 0) is 0 Å². The number of nitrogens with zero attached hydrogens (tertiary/aromatic N) is 3. The highest BCUT2D eigenvalue weighted by molar-refractivity contribution is 7.99. The van der Waals surface area contributed by atoms with Crippen LogP contribution >= 0.6 is 11.8 Å². The van der Waals surface area contributed by atoms with Crippen LogP contribution in [-0.2, 0) is 6.54 Å². The van der Waals surface area contributed by atoms with Crippen molar-refractivity contribution < 1.29 is 0 Å². The molecule has 1 saturated heterocycles. The van der Waals surface area contributed by atoms with Crippen molar-refractivity contribution >= 4 is 17.6 Å². The molecule has 1 aromatic heterocycles. The molecule has 1 N–H and O–H groups in total. The van der Waals surface area contributed by atoms with Crippen LogP contribution in [0.3, 0.4) is 0 Å². The summed E-state index contributed by atoms with van der Waals surface area (Å²) >= 11 is 2.02. The van der Waals surface area contributed by atoms with Crippen molar-refractivity contribution in [3.05, 3.63) is 18.1 Å². The normalized spacial score (nSPS) is 16.5. The third-order valence-corrected chi connectivity index (χ3v) is 3.72. The number of aromatic nitrogens is 2. The highest BCUT2D eigenvalue weighted by Crippen LogP contribution is 2.20. The lowest BCUT2D eigenvalue weighted by molar-refractivity contribution is 0.585. The second kappa shape index (κ2) is 6.21. The van der Waals surface area contributed by atoms with Gasteiger partial charge in [-0.3, -0.25) is 0 Å². The fraction of sp³-hybridized carbons (Fsp3) is 0.667. The molecule has 4 nitrogen and oxygen atoms in total. The van der Waals surface area contributed by atoms with E-state index in [1.54, 1.807) is 6.33 Å². The van der Waals surface area contributed by atoms with E-state index in [9.17, 15) is 0 Å². The smallest absolute Gasteiger partial charge is 0.136 e. The van der Waals surface area contributed by atoms with Crippen LogP contribution in [0.5, 0.6) is 0 Å². The monoisotopic (exact) mass is 252 g/mol. The lowest BCUT2D eigenvalue weighted by atomic mass is 10.2. The van der Waals surface area contributed by atoms with Gasteiger partial charge in [0.25, 0.3) is 0 Å². The van der Waals surface area contributed by atoms with E-state index in [0.29, 0.717) is 6.04 Å². The van der Waals surface area contributed by atoms with Gasteiger partial charge >= 0.3 is 0 Å². The Labute approximate surface area is 107 Å². The highest BCUT2D eigenvalue weighted by Gasteiger charge is 2.15. The van der Waals surface area contributed by atoms with Gasteiger partial charge in [-0.2, -0.15) is 11.8 Å². The second-order valence-corrected chi connectivity index (χ2v) is 5.73. The molecule has 0 aromatic carbocycles. The van der Waals surface area contributed by atoms with Gasteiger partial charge in [0.15, 0.2) is 0 Å². The van der Waals surface area contributed by atoms with E-state index in [4.69, 9.17) is 0 Å². The van der Waals surface area contributed by atoms with E-state index < -0.39 is 0 Å². The molecule has 17 heavy (non-hydrogen) atoms. The molecule has 0 unspecified atom stereocenters. The third kappa shape index (κ3) is 3.57. The summed E-state index contributed by atoms with van der Waals surface area (Å²) in [5, 5.41) is 3.43. The first-order valence-corrected chi connectivity index (χ1v) is 7.28. The predicted octanol–water partition coefficient (Wildman–Crippen LogP) is 1.53. The third-order valence-electron chi connectivity index (χ3n) is 2.78. The molecule has 0 atom stereocenters. The standard InChI is InChI=1S/C12H20N4S/c1-10(2)14-8-11-7-13-9-15-12(11)16-3-5-17-6-4-16/h7,9-10,14H,3-6,8H2,1-2H3. The largest absolute Gasteiger partial charge is 0.355 e. The van der Waals surface area contributed by atoms with E-state index in [2.05, 4.69) is 34.0 Å². The Morgan fingerprint density at radius 1 is 1.41 bits per heavy atom. The molecule has 1 aliphatic heterocycles. The molecular weight excluding hydrogens is 232 g/mol. The topological polar surface area (TPSA) is 41.1 Å². The van der Waals surface area contributed by atoms with E-state index in [-0.39, 0.29) is 0 Å². The Morgan fingerprint density at radius 2 is 2.18 bits per heavy atom. The first-order valence-electron chi connectivity index (χ1n) is 6.12. The first-order chi connectivity index (χ1) is 8.27. The molecule has 0 radical (unpaired) electrons. The van der Waals surface area contributed by atoms with Crippen LogP contribution in [0.1, 0.15) is 19.4 Å². The molecule has 0 spiro atoms. The first kappa shape index (κ1) is 12.6. The van der Waals surface area contributed by atoms with Crippen molar-refractivity contribution in [2.45, 2.75) is 26.4 Å². The maximum Gasteiger partial charge on any atom is 0.136 e. The number of hydrogen-bond acceptors (Lipinski definition) is 5. The Morgan fingerprint density at radius 3 is 2.88 bits per heavy atom. The van der Waals surface area contributed by atoms with Crippen LogP contribution in [-0.4, -0.2) is 40.6 Å². The van der Waals surface area contributed by atoms with Crippen molar-refractivity contribution in [2.24, 2.45) is 0 Å². The summed E-state index contributed by atoms with van der Waals surface area (Å²) in [6.07, 6.45) is 3.58. The summed E-state index contributed by atoms with van der Waals surface area (Å²) in [7, 11) is 0. The Kier molecular flexibility index (Phi) is 4.62. The Bertz CT molecular complexity index is 350. The maximum atomic E-state index is 4.45. The average Bonchev–Trinajstić information content (AvgIpc) is 2.38. The summed E-state index contributed by atoms with van der Waals surface area (Å²) in [5.74, 6) is 3.50. The second-order valence-electron chi connectivity index (χ2n) is 4.51. The van der Waals surface area contributed by atoms with Crippen molar-refractivity contribution in [3.63, 3.8) is 0 Å². The van der Waals surface area contributed by atoms with Crippen LogP contribution in [0.25, 0.3) is 0 Å². The van der Waals surface area contributed by atoms with Crippen LogP contribution in [0, 0.1) is 0 Å². The molecule has 0 aliphatic carbocycles. The van der Waals surface area contributed by atoms with Gasteiger partial charge in [0.1, 0.15) is 12.1 Å². The lowest BCUT2D eigenvalue weighted by Crippen LogP contribution is -2.34. The van der Waals surface area contributed by atoms with Gasteiger partial charge in [0, 0.05) is 48.9 Å². The molecule has 1 aliphatic rings. The molecule has 1 aromatic rings. The van der Waals surface area contributed by atoms with E-state index in [1.165, 1.54) is 17.1 Å². The molecule has 0 saturated carbocycles. The van der Waals surface area contributed by atoms with Gasteiger partial charge in [-0.1, -0.05) is 13.8 Å². The maximum absolute atomic E-state index is 4.45. The molecule has 0 amide bonds. The van der Waals surface area contributed by atoms with Crippen LogP contribution in [0.4, 0.5) is 5.82 Å². The van der Waals surface area contributed by atoms with Gasteiger partial charge < -0.3 is 10.2 Å². The summed E-state index contributed by atoms with van der Waals surface area (Å²) in [6.45, 7) is 7.34. The van der Waals surface area contributed by atoms with Gasteiger partial charge in [-0.25, -0.2) is 9.97 Å². The fourth-order valence-electron chi connectivity index (χ4n) is 1.85.